The summed E-state index contributed by atoms with van der Waals surface area (Å²) in [7, 11) is 1.61. The molecule has 0 heterocycles. The maximum atomic E-state index is 12.0. The first-order valence-corrected chi connectivity index (χ1v) is 6.82. The molecule has 1 saturated carbocycles. The van der Waals surface area contributed by atoms with Crippen molar-refractivity contribution in [3.8, 4) is 0 Å². The number of aliphatic carboxylic acids is 1. The fraction of sp³-hybridized carbons (Fsp3) is 0.857. The predicted octanol–water partition coefficient (Wildman–Crippen LogP) is 1.95. The zero-order valence-corrected chi connectivity index (χ0v) is 12.1. The fourth-order valence-corrected chi connectivity index (χ4v) is 2.65. The molecule has 0 unspecified atom stereocenters. The summed E-state index contributed by atoms with van der Waals surface area (Å²) >= 11 is 0. The van der Waals surface area contributed by atoms with Gasteiger partial charge in [0.05, 0.1) is 12.0 Å². The van der Waals surface area contributed by atoms with Crippen molar-refractivity contribution in [2.24, 2.45) is 5.41 Å². The minimum Gasteiger partial charge on any atom is -0.481 e. The molecule has 1 fully saturated rings. The topological polar surface area (TPSA) is 75.6 Å². The summed E-state index contributed by atoms with van der Waals surface area (Å²) in [6, 6.07) is 0. The Hall–Kier alpha value is -1.10. The highest BCUT2D eigenvalue weighted by Gasteiger charge is 2.38. The molecular formula is C14H25NO4. The maximum Gasteiger partial charge on any atom is 0.303 e. The van der Waals surface area contributed by atoms with Crippen molar-refractivity contribution in [3.63, 3.8) is 0 Å². The van der Waals surface area contributed by atoms with Crippen LogP contribution in [0.5, 0.6) is 0 Å². The summed E-state index contributed by atoms with van der Waals surface area (Å²) in [6.45, 7) is 4.23. The van der Waals surface area contributed by atoms with Crippen LogP contribution in [0.25, 0.3) is 0 Å². The highest BCUT2D eigenvalue weighted by Crippen LogP contribution is 2.43. The number of carboxylic acids is 1. The molecule has 1 aliphatic carbocycles. The summed E-state index contributed by atoms with van der Waals surface area (Å²) < 4.78 is 5.24. The lowest BCUT2D eigenvalue weighted by Gasteiger charge is -2.28. The molecule has 0 bridgehead atoms. The van der Waals surface area contributed by atoms with Crippen LogP contribution in [-0.2, 0) is 14.3 Å². The number of rotatable bonds is 7. The van der Waals surface area contributed by atoms with Gasteiger partial charge in [0.2, 0.25) is 5.91 Å². The average molecular weight is 271 g/mol. The van der Waals surface area contributed by atoms with E-state index in [0.29, 0.717) is 13.0 Å². The SMILES string of the molecule is COC(C)(C)CNC(=O)CC1(CC(=O)O)CCCC1. The van der Waals surface area contributed by atoms with E-state index in [2.05, 4.69) is 5.32 Å². The summed E-state index contributed by atoms with van der Waals surface area (Å²) in [4.78, 5) is 22.9. The molecule has 0 aromatic heterocycles. The van der Waals surface area contributed by atoms with Crippen LogP contribution < -0.4 is 5.32 Å². The number of hydrogen-bond donors (Lipinski definition) is 2. The van der Waals surface area contributed by atoms with Crippen molar-refractivity contribution in [3.05, 3.63) is 0 Å². The van der Waals surface area contributed by atoms with Gasteiger partial charge in [0.15, 0.2) is 0 Å². The number of hydrogen-bond acceptors (Lipinski definition) is 3. The molecule has 2 N–H and O–H groups in total. The summed E-state index contributed by atoms with van der Waals surface area (Å²) in [5, 5.41) is 11.8. The highest BCUT2D eigenvalue weighted by molar-refractivity contribution is 5.78. The van der Waals surface area contributed by atoms with Gasteiger partial charge >= 0.3 is 5.97 Å². The molecule has 0 saturated heterocycles. The van der Waals surface area contributed by atoms with E-state index in [1.165, 1.54) is 0 Å². The lowest BCUT2D eigenvalue weighted by molar-refractivity contribution is -0.140. The summed E-state index contributed by atoms with van der Waals surface area (Å²) in [6.07, 6.45) is 4.10. The molecule has 5 nitrogen and oxygen atoms in total. The summed E-state index contributed by atoms with van der Waals surface area (Å²) in [5.41, 5.74) is -0.738. The van der Waals surface area contributed by atoms with E-state index in [-0.39, 0.29) is 17.7 Å². The number of amides is 1. The van der Waals surface area contributed by atoms with E-state index in [9.17, 15) is 9.59 Å². The second kappa shape index (κ2) is 6.37. The minimum atomic E-state index is -0.813. The monoisotopic (exact) mass is 271 g/mol. The first-order valence-electron chi connectivity index (χ1n) is 6.82. The third-order valence-corrected chi connectivity index (χ3v) is 3.99. The largest absolute Gasteiger partial charge is 0.481 e. The van der Waals surface area contributed by atoms with E-state index >= 15 is 0 Å². The van der Waals surface area contributed by atoms with Gasteiger partial charge in [-0.15, -0.1) is 0 Å². The summed E-state index contributed by atoms with van der Waals surface area (Å²) in [5.74, 6) is -0.889. The molecule has 110 valence electrons. The van der Waals surface area contributed by atoms with Crippen LogP contribution in [0.1, 0.15) is 52.4 Å². The lowest BCUT2D eigenvalue weighted by atomic mass is 9.79. The number of carboxylic acid groups (broad SMARTS) is 1. The van der Waals surface area contributed by atoms with Crippen LogP contribution in [0.4, 0.5) is 0 Å². The Bertz CT molecular complexity index is 332. The van der Waals surface area contributed by atoms with E-state index in [1.54, 1.807) is 7.11 Å². The molecule has 1 aliphatic rings. The molecule has 0 spiro atoms. The van der Waals surface area contributed by atoms with Gasteiger partial charge in [0.25, 0.3) is 0 Å². The first kappa shape index (κ1) is 16.0. The van der Waals surface area contributed by atoms with Crippen LogP contribution >= 0.6 is 0 Å². The van der Waals surface area contributed by atoms with E-state index in [4.69, 9.17) is 9.84 Å². The Labute approximate surface area is 114 Å². The molecule has 1 rings (SSSR count). The molecule has 1 amide bonds. The van der Waals surface area contributed by atoms with Crippen molar-refractivity contribution in [1.29, 1.82) is 0 Å². The average Bonchev–Trinajstić information content (AvgIpc) is 2.74. The molecule has 0 radical (unpaired) electrons. The van der Waals surface area contributed by atoms with E-state index < -0.39 is 11.6 Å². The zero-order chi connectivity index (χ0) is 14.5. The van der Waals surface area contributed by atoms with Crippen molar-refractivity contribution < 1.29 is 19.4 Å². The van der Waals surface area contributed by atoms with Gasteiger partial charge < -0.3 is 15.2 Å². The smallest absolute Gasteiger partial charge is 0.303 e. The van der Waals surface area contributed by atoms with Gasteiger partial charge in [-0.25, -0.2) is 0 Å². The van der Waals surface area contributed by atoms with Crippen molar-refractivity contribution in [2.45, 2.75) is 58.0 Å². The Morgan fingerprint density at radius 1 is 1.26 bits per heavy atom. The minimum absolute atomic E-state index is 0.0757. The standard InChI is InChI=1S/C14H25NO4/c1-13(2,19-3)10-15-11(16)8-14(9-12(17)18)6-4-5-7-14/h4-10H2,1-3H3,(H,15,16)(H,17,18). The van der Waals surface area contributed by atoms with Crippen molar-refractivity contribution in [1.82, 2.24) is 5.32 Å². The molecule has 5 heteroatoms. The van der Waals surface area contributed by atoms with E-state index in [1.807, 2.05) is 13.8 Å². The number of nitrogens with one attached hydrogen (secondary N) is 1. The van der Waals surface area contributed by atoms with Gasteiger partial charge in [-0.1, -0.05) is 12.8 Å². The van der Waals surface area contributed by atoms with Gasteiger partial charge in [-0.2, -0.15) is 0 Å². The van der Waals surface area contributed by atoms with Crippen LogP contribution in [0.3, 0.4) is 0 Å². The van der Waals surface area contributed by atoms with Crippen molar-refractivity contribution >= 4 is 11.9 Å². The normalized spacial score (nSPS) is 18.3. The van der Waals surface area contributed by atoms with Gasteiger partial charge in [-0.05, 0) is 32.1 Å². The predicted molar refractivity (Wildman–Crippen MR) is 71.9 cm³/mol. The maximum absolute atomic E-state index is 12.0. The third kappa shape index (κ3) is 5.19. The van der Waals surface area contributed by atoms with Gasteiger partial charge in [0.1, 0.15) is 0 Å². The number of carbonyl (C=O) groups is 2. The van der Waals surface area contributed by atoms with Crippen LogP contribution in [0, 0.1) is 5.41 Å². The second-order valence-corrected chi connectivity index (χ2v) is 6.19. The Kier molecular flexibility index (Phi) is 5.35. The Morgan fingerprint density at radius 2 is 1.84 bits per heavy atom. The van der Waals surface area contributed by atoms with Crippen molar-refractivity contribution in [2.75, 3.05) is 13.7 Å². The molecule has 0 aliphatic heterocycles. The van der Waals surface area contributed by atoms with E-state index in [0.717, 1.165) is 25.7 Å². The second-order valence-electron chi connectivity index (χ2n) is 6.19. The fourth-order valence-electron chi connectivity index (χ4n) is 2.65. The number of ether oxygens (including phenoxy) is 1. The van der Waals surface area contributed by atoms with Crippen LogP contribution in [0.2, 0.25) is 0 Å². The van der Waals surface area contributed by atoms with Crippen LogP contribution in [0.15, 0.2) is 0 Å². The number of methoxy groups -OCH3 is 1. The number of carbonyl (C=O) groups excluding carboxylic acids is 1. The lowest BCUT2D eigenvalue weighted by Crippen LogP contribution is -2.41. The third-order valence-electron chi connectivity index (χ3n) is 3.99. The zero-order valence-electron chi connectivity index (χ0n) is 12.1. The molecule has 19 heavy (non-hydrogen) atoms. The molecular weight excluding hydrogens is 246 g/mol. The van der Waals surface area contributed by atoms with Gasteiger partial charge in [-0.3, -0.25) is 9.59 Å². The Balaban J connectivity index is 2.51. The Morgan fingerprint density at radius 3 is 2.32 bits per heavy atom. The molecule has 0 aromatic carbocycles. The highest BCUT2D eigenvalue weighted by atomic mass is 16.5. The van der Waals surface area contributed by atoms with Gasteiger partial charge in [0, 0.05) is 20.1 Å². The molecule has 0 aromatic rings. The molecule has 0 atom stereocenters. The van der Waals surface area contributed by atoms with Crippen LogP contribution in [-0.4, -0.2) is 36.2 Å². The first-order chi connectivity index (χ1) is 8.79. The quantitative estimate of drug-likeness (QED) is 0.742.